The Morgan fingerprint density at radius 2 is 2.10 bits per heavy atom. The van der Waals surface area contributed by atoms with E-state index in [1.54, 1.807) is 4.90 Å². The van der Waals surface area contributed by atoms with Crippen LogP contribution in [0.4, 0.5) is 10.1 Å². The molecule has 2 unspecified atom stereocenters. The number of benzene rings is 1. The largest absolute Gasteiger partial charge is 0.337 e. The highest BCUT2D eigenvalue weighted by Gasteiger charge is 2.36. The molecule has 21 heavy (non-hydrogen) atoms. The molecule has 1 heterocycles. The molecular formula is C14H18FN3O3. The van der Waals surface area contributed by atoms with Gasteiger partial charge in [-0.15, -0.1) is 0 Å². The second kappa shape index (κ2) is 5.77. The van der Waals surface area contributed by atoms with Crippen molar-refractivity contribution >= 4 is 11.6 Å². The van der Waals surface area contributed by atoms with Gasteiger partial charge in [-0.3, -0.25) is 14.9 Å². The summed E-state index contributed by atoms with van der Waals surface area (Å²) in [6.45, 7) is 3.02. The van der Waals surface area contributed by atoms with Crippen LogP contribution < -0.4 is 0 Å². The first-order chi connectivity index (χ1) is 9.81. The monoisotopic (exact) mass is 295 g/mol. The third-order valence-corrected chi connectivity index (χ3v) is 3.91. The minimum atomic E-state index is -0.657. The van der Waals surface area contributed by atoms with Crippen LogP contribution in [-0.2, 0) is 0 Å². The molecule has 0 aliphatic carbocycles. The summed E-state index contributed by atoms with van der Waals surface area (Å²) in [5, 5.41) is 11.0. The molecule has 7 heteroatoms. The maximum absolute atomic E-state index is 13.3. The third kappa shape index (κ3) is 3.02. The first-order valence-electron chi connectivity index (χ1n) is 6.71. The van der Waals surface area contributed by atoms with Crippen molar-refractivity contribution in [1.29, 1.82) is 0 Å². The molecule has 0 aromatic heterocycles. The fourth-order valence-corrected chi connectivity index (χ4v) is 2.80. The van der Waals surface area contributed by atoms with Crippen LogP contribution in [0.3, 0.4) is 0 Å². The Balaban J connectivity index is 2.29. The zero-order valence-electron chi connectivity index (χ0n) is 12.2. The van der Waals surface area contributed by atoms with Gasteiger partial charge in [-0.1, -0.05) is 6.92 Å². The second-order valence-electron chi connectivity index (χ2n) is 5.64. The number of amides is 1. The lowest BCUT2D eigenvalue weighted by Crippen LogP contribution is -2.36. The quantitative estimate of drug-likeness (QED) is 0.629. The minimum Gasteiger partial charge on any atom is -0.337 e. The Labute approximate surface area is 122 Å². The first-order valence-corrected chi connectivity index (χ1v) is 6.71. The first kappa shape index (κ1) is 15.4. The van der Waals surface area contributed by atoms with Crippen molar-refractivity contribution in [2.75, 3.05) is 27.2 Å². The lowest BCUT2D eigenvalue weighted by Gasteiger charge is -2.22. The summed E-state index contributed by atoms with van der Waals surface area (Å²) in [7, 11) is 3.86. The molecule has 6 nitrogen and oxygen atoms in total. The van der Waals surface area contributed by atoms with Gasteiger partial charge in [-0.2, -0.15) is 0 Å². The van der Waals surface area contributed by atoms with Gasteiger partial charge in [0.15, 0.2) is 0 Å². The van der Waals surface area contributed by atoms with Crippen LogP contribution in [-0.4, -0.2) is 53.9 Å². The van der Waals surface area contributed by atoms with Crippen molar-refractivity contribution in [2.24, 2.45) is 5.92 Å². The summed E-state index contributed by atoms with van der Waals surface area (Å²) in [5.41, 5.74) is -0.547. The summed E-state index contributed by atoms with van der Waals surface area (Å²) in [6, 6.07) is 3.16. The van der Waals surface area contributed by atoms with Crippen LogP contribution in [0.15, 0.2) is 18.2 Å². The predicted molar refractivity (Wildman–Crippen MR) is 75.6 cm³/mol. The van der Waals surface area contributed by atoms with Gasteiger partial charge in [0.1, 0.15) is 11.4 Å². The molecule has 0 bridgehead atoms. The third-order valence-electron chi connectivity index (χ3n) is 3.91. The summed E-state index contributed by atoms with van der Waals surface area (Å²) in [5.74, 6) is -0.880. The minimum absolute atomic E-state index is 0.188. The van der Waals surface area contributed by atoms with Crippen LogP contribution in [0.2, 0.25) is 0 Å². The lowest BCUT2D eigenvalue weighted by atomic mass is 10.1. The van der Waals surface area contributed by atoms with E-state index in [-0.39, 0.29) is 23.2 Å². The average molecular weight is 295 g/mol. The van der Waals surface area contributed by atoms with E-state index in [0.717, 1.165) is 18.2 Å². The molecule has 0 radical (unpaired) electrons. The predicted octanol–water partition coefficient (Wildman–Crippen LogP) is 1.76. The topological polar surface area (TPSA) is 66.7 Å². The lowest BCUT2D eigenvalue weighted by molar-refractivity contribution is -0.385. The van der Waals surface area contributed by atoms with Gasteiger partial charge >= 0.3 is 0 Å². The number of nitro groups is 1. The molecule has 1 aromatic carbocycles. The van der Waals surface area contributed by atoms with E-state index >= 15 is 0 Å². The average Bonchev–Trinajstić information content (AvgIpc) is 2.79. The molecule has 1 amide bonds. The molecule has 0 N–H and O–H groups in total. The van der Waals surface area contributed by atoms with Gasteiger partial charge in [0.2, 0.25) is 0 Å². The molecular weight excluding hydrogens is 277 g/mol. The molecule has 114 valence electrons. The van der Waals surface area contributed by atoms with E-state index < -0.39 is 16.6 Å². The Bertz CT molecular complexity index is 577. The van der Waals surface area contributed by atoms with Gasteiger partial charge in [0.05, 0.1) is 4.92 Å². The van der Waals surface area contributed by atoms with Gasteiger partial charge in [-0.25, -0.2) is 4.39 Å². The zero-order valence-corrected chi connectivity index (χ0v) is 12.2. The van der Waals surface area contributed by atoms with Crippen molar-refractivity contribution in [3.63, 3.8) is 0 Å². The Kier molecular flexibility index (Phi) is 4.22. The number of hydrogen-bond donors (Lipinski definition) is 0. The molecule has 2 rings (SSSR count). The van der Waals surface area contributed by atoms with Gasteiger partial charge in [0.25, 0.3) is 11.6 Å². The fraction of sp³-hybridized carbons (Fsp3) is 0.500. The van der Waals surface area contributed by atoms with E-state index in [2.05, 4.69) is 0 Å². The fourth-order valence-electron chi connectivity index (χ4n) is 2.80. The van der Waals surface area contributed by atoms with Crippen LogP contribution in [0, 0.1) is 21.8 Å². The molecule has 0 spiro atoms. The number of nitrogens with zero attached hydrogens (tertiary/aromatic N) is 3. The van der Waals surface area contributed by atoms with Gasteiger partial charge < -0.3 is 9.80 Å². The molecule has 0 saturated carbocycles. The second-order valence-corrected chi connectivity index (χ2v) is 5.64. The number of rotatable bonds is 3. The van der Waals surface area contributed by atoms with Crippen molar-refractivity contribution in [3.8, 4) is 0 Å². The Morgan fingerprint density at radius 3 is 2.62 bits per heavy atom. The molecule has 1 fully saturated rings. The summed E-state index contributed by atoms with van der Waals surface area (Å²) >= 11 is 0. The number of carbonyl (C=O) groups is 1. The maximum atomic E-state index is 13.3. The number of likely N-dealkylation sites (N-methyl/N-ethyl adjacent to an activating group) is 1. The highest BCUT2D eigenvalue weighted by Crippen LogP contribution is 2.26. The highest BCUT2D eigenvalue weighted by atomic mass is 19.1. The van der Waals surface area contributed by atoms with E-state index in [1.165, 1.54) is 0 Å². The van der Waals surface area contributed by atoms with E-state index in [4.69, 9.17) is 0 Å². The van der Waals surface area contributed by atoms with Crippen LogP contribution in [0.25, 0.3) is 0 Å². The number of carbonyl (C=O) groups excluding carboxylic acids is 1. The van der Waals surface area contributed by atoms with E-state index in [1.807, 2.05) is 25.9 Å². The van der Waals surface area contributed by atoms with Crippen molar-refractivity contribution in [2.45, 2.75) is 13.0 Å². The van der Waals surface area contributed by atoms with Crippen LogP contribution in [0.5, 0.6) is 0 Å². The van der Waals surface area contributed by atoms with Crippen molar-refractivity contribution < 1.29 is 14.1 Å². The zero-order chi connectivity index (χ0) is 15.7. The van der Waals surface area contributed by atoms with E-state index in [9.17, 15) is 19.3 Å². The van der Waals surface area contributed by atoms with Crippen molar-refractivity contribution in [3.05, 3.63) is 39.7 Å². The van der Waals surface area contributed by atoms with Crippen molar-refractivity contribution in [1.82, 2.24) is 9.80 Å². The molecule has 1 saturated heterocycles. The molecule has 2 atom stereocenters. The number of halogens is 1. The maximum Gasteiger partial charge on any atom is 0.282 e. The summed E-state index contributed by atoms with van der Waals surface area (Å²) < 4.78 is 13.3. The summed E-state index contributed by atoms with van der Waals surface area (Å²) in [6.07, 6.45) is 0. The Morgan fingerprint density at radius 1 is 1.43 bits per heavy atom. The van der Waals surface area contributed by atoms with Crippen LogP contribution >= 0.6 is 0 Å². The Hall–Kier alpha value is -2.02. The van der Waals surface area contributed by atoms with Gasteiger partial charge in [-0.05, 0) is 32.1 Å². The van der Waals surface area contributed by atoms with E-state index in [0.29, 0.717) is 13.1 Å². The molecule has 1 aliphatic rings. The smallest absolute Gasteiger partial charge is 0.282 e. The normalized spacial score (nSPS) is 21.9. The number of hydrogen-bond acceptors (Lipinski definition) is 4. The van der Waals surface area contributed by atoms with Crippen LogP contribution in [0.1, 0.15) is 17.3 Å². The SMILES string of the molecule is CC1CN(C(=O)c2cc(F)ccc2[N+](=O)[O-])CC1N(C)C. The van der Waals surface area contributed by atoms with Gasteiger partial charge in [0, 0.05) is 25.2 Å². The highest BCUT2D eigenvalue weighted by molar-refractivity contribution is 5.98. The molecule has 1 aromatic rings. The standard InChI is InChI=1S/C14H18FN3O3/c1-9-7-17(8-13(9)16(2)3)14(19)11-6-10(15)4-5-12(11)18(20)21/h4-6,9,13H,7-8H2,1-3H3. The summed E-state index contributed by atoms with van der Waals surface area (Å²) in [4.78, 5) is 26.4. The number of likely N-dealkylation sites (tertiary alicyclic amines) is 1. The molecule has 1 aliphatic heterocycles. The number of nitro benzene ring substituents is 1.